The molecule has 1 amide bonds. The Morgan fingerprint density at radius 2 is 2.11 bits per heavy atom. The molecule has 1 aromatic carbocycles. The van der Waals surface area contributed by atoms with Crippen LogP contribution in [0.25, 0.3) is 0 Å². The number of nitriles is 1. The molecule has 4 nitrogen and oxygen atoms in total. The molecule has 1 N–H and O–H groups in total. The summed E-state index contributed by atoms with van der Waals surface area (Å²) in [6.45, 7) is 3.77. The van der Waals surface area contributed by atoms with Crippen LogP contribution in [0.2, 0.25) is 0 Å². The molecule has 5 heteroatoms. The Labute approximate surface area is 121 Å². The highest BCUT2D eigenvalue weighted by atomic mass is 79.9. The SMILES string of the molecule is CCC(C#N)(CC)NC(=O)c1ccc(OC)c(Br)c1. The van der Waals surface area contributed by atoms with Crippen LogP contribution in [0.1, 0.15) is 37.0 Å². The smallest absolute Gasteiger partial charge is 0.252 e. The Kier molecular flexibility index (Phi) is 5.37. The second kappa shape index (κ2) is 6.58. The van der Waals surface area contributed by atoms with Gasteiger partial charge in [0.15, 0.2) is 0 Å². The third kappa shape index (κ3) is 3.48. The fraction of sp³-hybridized carbons (Fsp3) is 0.429. The van der Waals surface area contributed by atoms with Gasteiger partial charge in [-0.05, 0) is 47.0 Å². The number of halogens is 1. The molecule has 0 aliphatic carbocycles. The molecule has 102 valence electrons. The maximum atomic E-state index is 12.2. The van der Waals surface area contributed by atoms with E-state index < -0.39 is 5.54 Å². The van der Waals surface area contributed by atoms with Crippen LogP contribution >= 0.6 is 15.9 Å². The molecule has 0 fully saturated rings. The van der Waals surface area contributed by atoms with Crippen molar-refractivity contribution in [2.45, 2.75) is 32.2 Å². The maximum absolute atomic E-state index is 12.2. The summed E-state index contributed by atoms with van der Waals surface area (Å²) in [6.07, 6.45) is 1.14. The molecule has 0 saturated heterocycles. The summed E-state index contributed by atoms with van der Waals surface area (Å²) in [5, 5.41) is 12.0. The van der Waals surface area contributed by atoms with Crippen LogP contribution in [0.5, 0.6) is 5.75 Å². The van der Waals surface area contributed by atoms with Gasteiger partial charge >= 0.3 is 0 Å². The standard InChI is InChI=1S/C14H17BrN2O2/c1-4-14(5-2,9-16)17-13(18)10-6-7-12(19-3)11(15)8-10/h6-8H,4-5H2,1-3H3,(H,17,18). The lowest BCUT2D eigenvalue weighted by Gasteiger charge is -2.25. The molecule has 0 heterocycles. The normalized spacial score (nSPS) is 10.7. The van der Waals surface area contributed by atoms with Gasteiger partial charge in [-0.25, -0.2) is 0 Å². The third-order valence-electron chi connectivity index (χ3n) is 3.19. The summed E-state index contributed by atoms with van der Waals surface area (Å²) >= 11 is 3.34. The van der Waals surface area contributed by atoms with Crippen LogP contribution in [0.4, 0.5) is 0 Å². The Balaban J connectivity index is 2.96. The molecule has 19 heavy (non-hydrogen) atoms. The molecule has 0 aliphatic rings. The molecule has 0 aliphatic heterocycles. The number of ether oxygens (including phenoxy) is 1. The van der Waals surface area contributed by atoms with Crippen molar-refractivity contribution in [2.24, 2.45) is 0 Å². The van der Waals surface area contributed by atoms with E-state index in [-0.39, 0.29) is 5.91 Å². The first kappa shape index (κ1) is 15.5. The largest absolute Gasteiger partial charge is 0.496 e. The number of hydrogen-bond donors (Lipinski definition) is 1. The van der Waals surface area contributed by atoms with Gasteiger partial charge in [0.25, 0.3) is 5.91 Å². The molecule has 1 aromatic rings. The van der Waals surface area contributed by atoms with Gasteiger partial charge < -0.3 is 10.1 Å². The summed E-state index contributed by atoms with van der Waals surface area (Å²) in [7, 11) is 1.56. The number of nitrogens with one attached hydrogen (secondary N) is 1. The molecule has 0 aromatic heterocycles. The van der Waals surface area contributed by atoms with Crippen LogP contribution in [0.3, 0.4) is 0 Å². The Bertz CT molecular complexity index is 505. The van der Waals surface area contributed by atoms with Crippen molar-refractivity contribution in [3.63, 3.8) is 0 Å². The van der Waals surface area contributed by atoms with Crippen LogP contribution in [-0.2, 0) is 0 Å². The molecule has 0 saturated carbocycles. The Hall–Kier alpha value is -1.54. The number of hydrogen-bond acceptors (Lipinski definition) is 3. The lowest BCUT2D eigenvalue weighted by atomic mass is 9.94. The van der Waals surface area contributed by atoms with E-state index in [4.69, 9.17) is 4.74 Å². The number of carbonyl (C=O) groups excluding carboxylic acids is 1. The number of carbonyl (C=O) groups is 1. The number of benzene rings is 1. The van der Waals surface area contributed by atoms with E-state index in [1.54, 1.807) is 25.3 Å². The van der Waals surface area contributed by atoms with Crippen molar-refractivity contribution in [3.8, 4) is 11.8 Å². The van der Waals surface area contributed by atoms with E-state index in [0.29, 0.717) is 28.6 Å². The maximum Gasteiger partial charge on any atom is 0.252 e. The van der Waals surface area contributed by atoms with Crippen LogP contribution in [0, 0.1) is 11.3 Å². The van der Waals surface area contributed by atoms with Crippen molar-refractivity contribution < 1.29 is 9.53 Å². The van der Waals surface area contributed by atoms with E-state index in [2.05, 4.69) is 27.3 Å². The fourth-order valence-electron chi connectivity index (χ4n) is 1.71. The highest BCUT2D eigenvalue weighted by Crippen LogP contribution is 2.26. The zero-order valence-corrected chi connectivity index (χ0v) is 12.9. The summed E-state index contributed by atoms with van der Waals surface area (Å²) in [4.78, 5) is 12.2. The van der Waals surface area contributed by atoms with Crippen molar-refractivity contribution in [1.82, 2.24) is 5.32 Å². The minimum atomic E-state index is -0.802. The Morgan fingerprint density at radius 3 is 2.53 bits per heavy atom. The highest BCUT2D eigenvalue weighted by Gasteiger charge is 2.28. The molecule has 0 unspecified atom stereocenters. The summed E-state index contributed by atoms with van der Waals surface area (Å²) in [5.41, 5.74) is -0.307. The van der Waals surface area contributed by atoms with Crippen LogP contribution < -0.4 is 10.1 Å². The van der Waals surface area contributed by atoms with Gasteiger partial charge in [-0.15, -0.1) is 0 Å². The molecule has 1 rings (SSSR count). The first-order chi connectivity index (χ1) is 9.01. The zero-order chi connectivity index (χ0) is 14.5. The van der Waals surface area contributed by atoms with Gasteiger partial charge in [-0.1, -0.05) is 13.8 Å². The Morgan fingerprint density at radius 1 is 1.47 bits per heavy atom. The lowest BCUT2D eigenvalue weighted by molar-refractivity contribution is 0.0915. The van der Waals surface area contributed by atoms with Crippen molar-refractivity contribution in [1.29, 1.82) is 5.26 Å². The quantitative estimate of drug-likeness (QED) is 0.904. The van der Waals surface area contributed by atoms with Gasteiger partial charge in [0.1, 0.15) is 11.3 Å². The minimum absolute atomic E-state index is 0.256. The van der Waals surface area contributed by atoms with E-state index in [1.165, 1.54) is 0 Å². The number of nitrogens with zero attached hydrogens (tertiary/aromatic N) is 1. The monoisotopic (exact) mass is 324 g/mol. The summed E-state index contributed by atoms with van der Waals surface area (Å²) in [5.74, 6) is 0.405. The van der Waals surface area contributed by atoms with E-state index in [9.17, 15) is 10.1 Å². The number of methoxy groups -OCH3 is 1. The fourth-order valence-corrected chi connectivity index (χ4v) is 2.25. The van der Waals surface area contributed by atoms with Gasteiger partial charge in [0.2, 0.25) is 0 Å². The second-order valence-corrected chi connectivity index (χ2v) is 5.06. The zero-order valence-electron chi connectivity index (χ0n) is 11.3. The molecule has 0 spiro atoms. The topological polar surface area (TPSA) is 62.1 Å². The van der Waals surface area contributed by atoms with Crippen molar-refractivity contribution in [2.75, 3.05) is 7.11 Å². The van der Waals surface area contributed by atoms with Crippen molar-refractivity contribution in [3.05, 3.63) is 28.2 Å². The lowest BCUT2D eigenvalue weighted by Crippen LogP contribution is -2.46. The summed E-state index contributed by atoms with van der Waals surface area (Å²) < 4.78 is 5.82. The first-order valence-corrected chi connectivity index (χ1v) is 6.88. The summed E-state index contributed by atoms with van der Waals surface area (Å²) in [6, 6.07) is 7.25. The molecule has 0 radical (unpaired) electrons. The minimum Gasteiger partial charge on any atom is -0.496 e. The molecule has 0 atom stereocenters. The molecule has 0 bridgehead atoms. The van der Waals surface area contributed by atoms with Crippen LogP contribution in [0.15, 0.2) is 22.7 Å². The van der Waals surface area contributed by atoms with Gasteiger partial charge in [0.05, 0.1) is 17.7 Å². The van der Waals surface area contributed by atoms with E-state index in [0.717, 1.165) is 0 Å². The second-order valence-electron chi connectivity index (χ2n) is 4.20. The highest BCUT2D eigenvalue weighted by molar-refractivity contribution is 9.10. The first-order valence-electron chi connectivity index (χ1n) is 6.09. The van der Waals surface area contributed by atoms with Gasteiger partial charge in [0, 0.05) is 5.56 Å². The van der Waals surface area contributed by atoms with Crippen molar-refractivity contribution >= 4 is 21.8 Å². The molecular weight excluding hydrogens is 308 g/mol. The number of amides is 1. The third-order valence-corrected chi connectivity index (χ3v) is 3.81. The van der Waals surface area contributed by atoms with E-state index >= 15 is 0 Å². The van der Waals surface area contributed by atoms with Gasteiger partial charge in [-0.3, -0.25) is 4.79 Å². The van der Waals surface area contributed by atoms with E-state index in [1.807, 2.05) is 13.8 Å². The predicted molar refractivity (Wildman–Crippen MR) is 77.1 cm³/mol. The average Bonchev–Trinajstić information content (AvgIpc) is 2.44. The predicted octanol–water partition coefficient (Wildman–Crippen LogP) is 3.27. The average molecular weight is 325 g/mol. The van der Waals surface area contributed by atoms with Gasteiger partial charge in [-0.2, -0.15) is 5.26 Å². The molecular formula is C14H17BrN2O2. The van der Waals surface area contributed by atoms with Crippen LogP contribution in [-0.4, -0.2) is 18.6 Å². The number of rotatable bonds is 5.